The lowest BCUT2D eigenvalue weighted by Gasteiger charge is -2.49. The van der Waals surface area contributed by atoms with Gasteiger partial charge < -0.3 is 34.5 Å². The summed E-state index contributed by atoms with van der Waals surface area (Å²) in [6.45, 7) is 5.60. The van der Waals surface area contributed by atoms with Crippen molar-refractivity contribution in [2.24, 2.45) is 0 Å². The van der Waals surface area contributed by atoms with E-state index in [2.05, 4.69) is 14.5 Å². The van der Waals surface area contributed by atoms with Crippen molar-refractivity contribution in [1.82, 2.24) is 19.6 Å². The van der Waals surface area contributed by atoms with E-state index in [9.17, 15) is 26.8 Å². The highest BCUT2D eigenvalue weighted by atomic mass is 35.5. The summed E-state index contributed by atoms with van der Waals surface area (Å²) in [5.74, 6) is 0.0817. The van der Waals surface area contributed by atoms with Gasteiger partial charge in [-0.2, -0.15) is 0 Å². The fourth-order valence-electron chi connectivity index (χ4n) is 8.50. The Hall–Kier alpha value is -5.27. The normalized spacial score (nSPS) is 21.1. The Morgan fingerprint density at radius 2 is 1.09 bits per heavy atom. The zero-order valence-corrected chi connectivity index (χ0v) is 39.0. The maximum absolute atomic E-state index is 13.3. The lowest BCUT2D eigenvalue weighted by molar-refractivity contribution is -0.141. The fraction of sp³-hybridized carbons (Fsp3) is 0.362. The SMILES string of the molecule is COc1cc(/C=C/C(=O)N2CC3COCC(C2)N3Cc2ccc(F)cc2)c(N)cc1Cl.COc1cc(/C=C/C(=O)N2CC3COCC(C2)N3Cc2ccc(F)cc2)c(NS(C)(=O)=O)cc1Cl. The molecule has 4 aromatic carbocycles. The predicted molar refractivity (Wildman–Crippen MR) is 251 cm³/mol. The average Bonchev–Trinajstić information content (AvgIpc) is 3.26. The fourth-order valence-corrected chi connectivity index (χ4v) is 9.57. The van der Waals surface area contributed by atoms with Crippen molar-refractivity contribution >= 4 is 68.6 Å². The number of sulfonamides is 1. The minimum atomic E-state index is -3.56. The second-order valence-corrected chi connectivity index (χ2v) is 19.1. The number of hydrogen-bond donors (Lipinski definition) is 2. The Labute approximate surface area is 393 Å². The molecule has 4 bridgehead atoms. The molecule has 3 N–H and O–H groups in total. The predicted octanol–water partition coefficient (Wildman–Crippen LogP) is 6.18. The lowest BCUT2D eigenvalue weighted by atomic mass is 10.0. The number of nitrogens with zero attached hydrogens (tertiary/aromatic N) is 4. The third kappa shape index (κ3) is 12.4. The van der Waals surface area contributed by atoms with Gasteiger partial charge in [-0.05, 0) is 71.8 Å². The molecule has 4 aliphatic heterocycles. The van der Waals surface area contributed by atoms with Crippen LogP contribution in [-0.4, -0.2) is 137 Å². The number of nitrogens with one attached hydrogen (secondary N) is 1. The number of hydrogen-bond acceptors (Lipinski definition) is 11. The van der Waals surface area contributed by atoms with Crippen molar-refractivity contribution in [3.05, 3.63) is 129 Å². The summed E-state index contributed by atoms with van der Waals surface area (Å²) >= 11 is 12.2. The van der Waals surface area contributed by atoms with E-state index < -0.39 is 10.0 Å². The number of nitrogen functional groups attached to an aromatic ring is 1. The number of anilines is 2. The average molecular weight is 970 g/mol. The number of morpholine rings is 2. The Morgan fingerprint density at radius 3 is 1.50 bits per heavy atom. The molecule has 4 aliphatic rings. The second kappa shape index (κ2) is 21.6. The molecule has 0 spiro atoms. The van der Waals surface area contributed by atoms with Gasteiger partial charge in [0.1, 0.15) is 23.1 Å². The van der Waals surface area contributed by atoms with E-state index in [4.69, 9.17) is 47.9 Å². The van der Waals surface area contributed by atoms with Gasteiger partial charge in [0.25, 0.3) is 0 Å². The molecule has 352 valence electrons. The largest absolute Gasteiger partial charge is 0.495 e. The van der Waals surface area contributed by atoms with Crippen LogP contribution in [0.25, 0.3) is 12.2 Å². The number of fused-ring (bicyclic) bond motifs is 4. The van der Waals surface area contributed by atoms with Crippen molar-refractivity contribution in [3.8, 4) is 11.5 Å². The number of halogens is 4. The van der Waals surface area contributed by atoms with Gasteiger partial charge in [0.15, 0.2) is 0 Å². The van der Waals surface area contributed by atoms with Crippen molar-refractivity contribution in [2.75, 3.05) is 83.5 Å². The number of nitrogens with two attached hydrogens (primary N) is 1. The van der Waals surface area contributed by atoms with E-state index in [1.165, 1.54) is 56.7 Å². The van der Waals surface area contributed by atoms with Gasteiger partial charge in [0, 0.05) is 68.2 Å². The smallest absolute Gasteiger partial charge is 0.246 e. The molecule has 4 unspecified atom stereocenters. The number of piperazine rings is 2. The van der Waals surface area contributed by atoms with Crippen LogP contribution in [0.2, 0.25) is 10.0 Å². The summed E-state index contributed by atoms with van der Waals surface area (Å²) in [4.78, 5) is 34.2. The monoisotopic (exact) mass is 968 g/mol. The van der Waals surface area contributed by atoms with Crippen LogP contribution in [0.1, 0.15) is 22.3 Å². The molecule has 14 nitrogen and oxygen atoms in total. The second-order valence-electron chi connectivity index (χ2n) is 16.5. The van der Waals surface area contributed by atoms with Crippen molar-refractivity contribution in [1.29, 1.82) is 0 Å². The van der Waals surface area contributed by atoms with Crippen LogP contribution >= 0.6 is 23.2 Å². The van der Waals surface area contributed by atoms with E-state index in [1.54, 1.807) is 59.5 Å². The van der Waals surface area contributed by atoms with E-state index in [-0.39, 0.29) is 58.3 Å². The molecule has 4 atom stereocenters. The molecule has 0 saturated carbocycles. The van der Waals surface area contributed by atoms with Gasteiger partial charge in [-0.1, -0.05) is 47.5 Å². The molecule has 0 aromatic heterocycles. The van der Waals surface area contributed by atoms with Crippen LogP contribution in [0.3, 0.4) is 0 Å². The Kier molecular flexibility index (Phi) is 15.9. The number of carbonyl (C=O) groups is 2. The molecule has 4 heterocycles. The maximum Gasteiger partial charge on any atom is 0.246 e. The third-order valence-electron chi connectivity index (χ3n) is 11.8. The summed E-state index contributed by atoms with van der Waals surface area (Å²) in [5, 5.41) is 0.667. The summed E-state index contributed by atoms with van der Waals surface area (Å²) in [7, 11) is -0.575. The molecule has 0 aliphatic carbocycles. The van der Waals surface area contributed by atoms with E-state index >= 15 is 0 Å². The zero-order chi connectivity index (χ0) is 47.1. The summed E-state index contributed by atoms with van der Waals surface area (Å²) in [6, 6.07) is 19.6. The number of benzene rings is 4. The van der Waals surface area contributed by atoms with E-state index in [0.717, 1.165) is 17.4 Å². The molecule has 0 radical (unpaired) electrons. The van der Waals surface area contributed by atoms with E-state index in [0.29, 0.717) is 99.0 Å². The first kappa shape index (κ1) is 48.7. The molecule has 4 aromatic rings. The van der Waals surface area contributed by atoms with Crippen LogP contribution < -0.4 is 19.9 Å². The number of rotatable bonds is 12. The maximum atomic E-state index is 13.3. The molecule has 4 fully saturated rings. The van der Waals surface area contributed by atoms with Crippen LogP contribution in [0.15, 0.2) is 84.9 Å². The van der Waals surface area contributed by atoms with E-state index in [1.807, 2.05) is 4.90 Å². The van der Waals surface area contributed by atoms with Crippen LogP contribution in [0.5, 0.6) is 11.5 Å². The van der Waals surface area contributed by atoms with Gasteiger partial charge in [-0.25, -0.2) is 17.2 Å². The summed E-state index contributed by atoms with van der Waals surface area (Å²) in [5.41, 5.74) is 9.92. The Morgan fingerprint density at radius 1 is 0.697 bits per heavy atom. The van der Waals surface area contributed by atoms with Crippen LogP contribution in [0, 0.1) is 11.6 Å². The first-order valence-electron chi connectivity index (χ1n) is 21.2. The van der Waals surface area contributed by atoms with Crippen LogP contribution in [0.4, 0.5) is 20.2 Å². The molecule has 19 heteroatoms. The molecule has 8 rings (SSSR count). The van der Waals surface area contributed by atoms with Gasteiger partial charge in [-0.15, -0.1) is 0 Å². The molecule has 66 heavy (non-hydrogen) atoms. The first-order valence-corrected chi connectivity index (χ1v) is 23.8. The number of carbonyl (C=O) groups excluding carboxylic acids is 2. The van der Waals surface area contributed by atoms with Gasteiger partial charge in [0.2, 0.25) is 21.8 Å². The van der Waals surface area contributed by atoms with Gasteiger partial charge in [0.05, 0.1) is 86.8 Å². The highest BCUT2D eigenvalue weighted by molar-refractivity contribution is 7.92. The summed E-state index contributed by atoms with van der Waals surface area (Å²) in [6.07, 6.45) is 7.23. The van der Waals surface area contributed by atoms with Crippen molar-refractivity contribution in [3.63, 3.8) is 0 Å². The van der Waals surface area contributed by atoms with Crippen molar-refractivity contribution < 1.29 is 45.7 Å². The minimum Gasteiger partial charge on any atom is -0.495 e. The minimum absolute atomic E-state index is 0.0167. The number of amides is 2. The molecule has 4 saturated heterocycles. The highest BCUT2D eigenvalue weighted by Crippen LogP contribution is 2.34. The highest BCUT2D eigenvalue weighted by Gasteiger charge is 2.40. The van der Waals surface area contributed by atoms with Crippen LogP contribution in [-0.2, 0) is 42.2 Å². The standard InChI is InChI=1S/C24H27ClFN3O5S.C23H25ClFN3O3/c1-33-23-9-17(22(10-21(23)25)27-35(2,31)32)5-8-24(30)28-12-19-14-34-15-20(13-28)29(19)11-16-3-6-18(26)7-4-16;1-30-22-8-16(21(26)9-20(22)24)4-7-23(29)27-11-18-13-31-14-19(12-27)28(18)10-15-2-5-17(25)6-3-15/h3-10,19-20,27H,11-15H2,1-2H3;2-9,18-19H,10-14,26H2,1H3/b8-5+;7-4+. The van der Waals surface area contributed by atoms with Gasteiger partial charge in [-0.3, -0.25) is 24.1 Å². The topological polar surface area (TPSA) is 156 Å². The number of ether oxygens (including phenoxy) is 4. The van der Waals surface area contributed by atoms with Crippen molar-refractivity contribution in [2.45, 2.75) is 37.3 Å². The quantitative estimate of drug-likeness (QED) is 0.124. The Balaban J connectivity index is 0.000000198. The first-order chi connectivity index (χ1) is 31.6. The molecular formula is C47H52Cl2F2N6O8S. The molecule has 2 amide bonds. The Bertz CT molecular complexity index is 2530. The third-order valence-corrected chi connectivity index (χ3v) is 13.0. The molecular weight excluding hydrogens is 918 g/mol. The lowest BCUT2D eigenvalue weighted by Crippen LogP contribution is -2.64. The zero-order valence-electron chi connectivity index (χ0n) is 36.7. The summed E-state index contributed by atoms with van der Waals surface area (Å²) < 4.78 is 74.4. The van der Waals surface area contributed by atoms with Gasteiger partial charge >= 0.3 is 0 Å². The number of methoxy groups -OCH3 is 2.